The second kappa shape index (κ2) is 7.65. The predicted molar refractivity (Wildman–Crippen MR) is 88.4 cm³/mol. The Morgan fingerprint density at radius 1 is 1.12 bits per heavy atom. The Hall–Kier alpha value is -2.09. The van der Waals surface area contributed by atoms with Crippen LogP contribution in [0.1, 0.15) is 31.2 Å². The van der Waals surface area contributed by atoms with Gasteiger partial charge in [-0.25, -0.2) is 0 Å². The lowest BCUT2D eigenvalue weighted by molar-refractivity contribution is -0.143. The third kappa shape index (κ3) is 4.17. The number of amides is 2. The maximum atomic E-state index is 13.0. The van der Waals surface area contributed by atoms with Gasteiger partial charge in [-0.15, -0.1) is 0 Å². The summed E-state index contributed by atoms with van der Waals surface area (Å²) in [5.74, 6) is -0.903. The van der Waals surface area contributed by atoms with Crippen LogP contribution in [0.2, 0.25) is 0 Å². The zero-order chi connectivity index (χ0) is 18.7. The number of alkyl halides is 3. The SMILES string of the molecule is O=C(Nc1ccccc1C(F)(F)F)C1CCN(C(=O)C2CCCO2)CC1. The molecule has 3 rings (SSSR count). The molecule has 2 aliphatic heterocycles. The Bertz CT molecular complexity index is 664. The molecule has 2 aliphatic rings. The summed E-state index contributed by atoms with van der Waals surface area (Å²) in [6, 6.07) is 4.93. The van der Waals surface area contributed by atoms with E-state index in [1.807, 2.05) is 0 Å². The van der Waals surface area contributed by atoms with Crippen molar-refractivity contribution in [1.82, 2.24) is 4.90 Å². The zero-order valence-electron chi connectivity index (χ0n) is 14.2. The molecule has 0 saturated carbocycles. The molecule has 142 valence electrons. The van der Waals surface area contributed by atoms with E-state index in [0.29, 0.717) is 39.0 Å². The van der Waals surface area contributed by atoms with Crippen molar-refractivity contribution in [3.63, 3.8) is 0 Å². The second-order valence-corrected chi connectivity index (χ2v) is 6.63. The number of halogens is 3. The number of carbonyl (C=O) groups is 2. The Kier molecular flexibility index (Phi) is 5.50. The van der Waals surface area contributed by atoms with Crippen LogP contribution in [-0.4, -0.2) is 42.5 Å². The summed E-state index contributed by atoms with van der Waals surface area (Å²) in [5.41, 5.74) is -1.10. The Morgan fingerprint density at radius 3 is 2.42 bits per heavy atom. The summed E-state index contributed by atoms with van der Waals surface area (Å²) in [6.45, 7) is 1.42. The van der Waals surface area contributed by atoms with Gasteiger partial charge in [-0.05, 0) is 37.8 Å². The zero-order valence-corrected chi connectivity index (χ0v) is 14.2. The van der Waals surface area contributed by atoms with E-state index in [2.05, 4.69) is 5.32 Å². The average molecular weight is 370 g/mol. The number of para-hydroxylation sites is 1. The van der Waals surface area contributed by atoms with Crippen LogP contribution >= 0.6 is 0 Å². The summed E-state index contributed by atoms with van der Waals surface area (Å²) in [4.78, 5) is 26.4. The van der Waals surface area contributed by atoms with Crippen molar-refractivity contribution in [2.75, 3.05) is 25.0 Å². The van der Waals surface area contributed by atoms with Gasteiger partial charge >= 0.3 is 6.18 Å². The van der Waals surface area contributed by atoms with Crippen LogP contribution in [0.4, 0.5) is 18.9 Å². The summed E-state index contributed by atoms with van der Waals surface area (Å²) in [5, 5.41) is 2.40. The first-order valence-corrected chi connectivity index (χ1v) is 8.74. The van der Waals surface area contributed by atoms with E-state index in [0.717, 1.165) is 12.5 Å². The normalized spacial score (nSPS) is 21.7. The first kappa shape index (κ1) is 18.7. The smallest absolute Gasteiger partial charge is 0.368 e. The molecule has 0 radical (unpaired) electrons. The molecule has 1 atom stereocenters. The van der Waals surface area contributed by atoms with Gasteiger partial charge in [-0.3, -0.25) is 9.59 Å². The maximum absolute atomic E-state index is 13.0. The van der Waals surface area contributed by atoms with Crippen molar-refractivity contribution in [3.05, 3.63) is 29.8 Å². The van der Waals surface area contributed by atoms with E-state index in [-0.39, 0.29) is 17.7 Å². The summed E-state index contributed by atoms with van der Waals surface area (Å²) in [7, 11) is 0. The molecule has 5 nitrogen and oxygen atoms in total. The van der Waals surface area contributed by atoms with Crippen molar-refractivity contribution in [2.45, 2.75) is 38.0 Å². The summed E-state index contributed by atoms with van der Waals surface area (Å²) < 4.78 is 44.5. The molecule has 1 N–H and O–H groups in total. The minimum absolute atomic E-state index is 0.0521. The number of ether oxygens (including phenoxy) is 1. The Morgan fingerprint density at radius 2 is 1.81 bits per heavy atom. The number of piperidine rings is 1. The highest BCUT2D eigenvalue weighted by atomic mass is 19.4. The molecule has 1 aromatic carbocycles. The number of hydrogen-bond donors (Lipinski definition) is 1. The van der Waals surface area contributed by atoms with Crippen molar-refractivity contribution in [3.8, 4) is 0 Å². The van der Waals surface area contributed by atoms with Crippen LogP contribution in [0.5, 0.6) is 0 Å². The van der Waals surface area contributed by atoms with Gasteiger partial charge in [-0.2, -0.15) is 13.2 Å². The lowest BCUT2D eigenvalue weighted by atomic mass is 9.95. The number of rotatable bonds is 3. The molecule has 2 fully saturated rings. The number of nitrogens with one attached hydrogen (secondary N) is 1. The van der Waals surface area contributed by atoms with E-state index in [9.17, 15) is 22.8 Å². The van der Waals surface area contributed by atoms with Crippen LogP contribution in [0.15, 0.2) is 24.3 Å². The van der Waals surface area contributed by atoms with Crippen molar-refractivity contribution in [2.24, 2.45) is 5.92 Å². The first-order valence-electron chi connectivity index (χ1n) is 8.74. The molecule has 0 aromatic heterocycles. The number of hydrogen-bond acceptors (Lipinski definition) is 3. The van der Waals surface area contributed by atoms with Gasteiger partial charge in [0.25, 0.3) is 5.91 Å². The lowest BCUT2D eigenvalue weighted by Gasteiger charge is -2.32. The van der Waals surface area contributed by atoms with Crippen LogP contribution < -0.4 is 5.32 Å². The third-order valence-electron chi connectivity index (χ3n) is 4.87. The van der Waals surface area contributed by atoms with Gasteiger partial charge in [0.2, 0.25) is 5.91 Å². The van der Waals surface area contributed by atoms with Crippen LogP contribution in [-0.2, 0) is 20.5 Å². The molecule has 8 heteroatoms. The molecule has 0 spiro atoms. The van der Waals surface area contributed by atoms with E-state index < -0.39 is 23.6 Å². The molecule has 0 bridgehead atoms. The molecule has 1 aromatic rings. The number of likely N-dealkylation sites (tertiary alicyclic amines) is 1. The standard InChI is InChI=1S/C18H21F3N2O3/c19-18(20,21)13-4-1-2-5-14(13)22-16(24)12-7-9-23(10-8-12)17(25)15-6-3-11-26-15/h1-2,4-5,12,15H,3,6-11H2,(H,22,24). The highest BCUT2D eigenvalue weighted by Gasteiger charge is 2.35. The lowest BCUT2D eigenvalue weighted by Crippen LogP contribution is -2.45. The van der Waals surface area contributed by atoms with Gasteiger partial charge in [-0.1, -0.05) is 12.1 Å². The van der Waals surface area contributed by atoms with Crippen molar-refractivity contribution < 1.29 is 27.5 Å². The highest BCUT2D eigenvalue weighted by Crippen LogP contribution is 2.35. The molecular formula is C18H21F3N2O3. The van der Waals surface area contributed by atoms with E-state index in [1.165, 1.54) is 18.2 Å². The maximum Gasteiger partial charge on any atom is 0.418 e. The minimum Gasteiger partial charge on any atom is -0.368 e. The summed E-state index contributed by atoms with van der Waals surface area (Å²) in [6.07, 6.45) is -2.47. The fourth-order valence-corrected chi connectivity index (χ4v) is 3.41. The monoisotopic (exact) mass is 370 g/mol. The Balaban J connectivity index is 1.57. The molecule has 2 saturated heterocycles. The van der Waals surface area contributed by atoms with Crippen LogP contribution in [0, 0.1) is 5.92 Å². The predicted octanol–water partition coefficient (Wildman–Crippen LogP) is 3.06. The third-order valence-corrected chi connectivity index (χ3v) is 4.87. The fraction of sp³-hybridized carbons (Fsp3) is 0.556. The van der Waals surface area contributed by atoms with Gasteiger partial charge in [0.05, 0.1) is 11.3 Å². The second-order valence-electron chi connectivity index (χ2n) is 6.63. The van der Waals surface area contributed by atoms with Crippen LogP contribution in [0.3, 0.4) is 0 Å². The topological polar surface area (TPSA) is 58.6 Å². The summed E-state index contributed by atoms with van der Waals surface area (Å²) >= 11 is 0. The van der Waals surface area contributed by atoms with Crippen LogP contribution in [0.25, 0.3) is 0 Å². The van der Waals surface area contributed by atoms with E-state index >= 15 is 0 Å². The highest BCUT2D eigenvalue weighted by molar-refractivity contribution is 5.93. The number of benzene rings is 1. The Labute approximate surface area is 149 Å². The van der Waals surface area contributed by atoms with Gasteiger partial charge in [0.15, 0.2) is 0 Å². The quantitative estimate of drug-likeness (QED) is 0.890. The fourth-order valence-electron chi connectivity index (χ4n) is 3.41. The number of carbonyl (C=O) groups excluding carboxylic acids is 2. The molecule has 2 amide bonds. The molecule has 1 unspecified atom stereocenters. The number of anilines is 1. The van der Waals surface area contributed by atoms with E-state index in [4.69, 9.17) is 4.74 Å². The molecular weight excluding hydrogens is 349 g/mol. The van der Waals surface area contributed by atoms with Crippen molar-refractivity contribution in [1.29, 1.82) is 0 Å². The van der Waals surface area contributed by atoms with Gasteiger partial charge in [0, 0.05) is 25.6 Å². The number of nitrogens with zero attached hydrogens (tertiary/aromatic N) is 1. The van der Waals surface area contributed by atoms with Gasteiger partial charge < -0.3 is 15.0 Å². The van der Waals surface area contributed by atoms with Crippen molar-refractivity contribution >= 4 is 17.5 Å². The van der Waals surface area contributed by atoms with E-state index in [1.54, 1.807) is 4.90 Å². The molecule has 0 aliphatic carbocycles. The molecule has 26 heavy (non-hydrogen) atoms. The van der Waals surface area contributed by atoms with Gasteiger partial charge in [0.1, 0.15) is 6.10 Å². The minimum atomic E-state index is -4.53. The molecule has 2 heterocycles. The first-order chi connectivity index (χ1) is 12.4. The largest absolute Gasteiger partial charge is 0.418 e. The average Bonchev–Trinajstić information content (AvgIpc) is 3.15.